The second-order valence-electron chi connectivity index (χ2n) is 3.65. The van der Waals surface area contributed by atoms with E-state index in [-0.39, 0.29) is 5.88 Å². The highest BCUT2D eigenvalue weighted by atomic mass is 16.6. The van der Waals surface area contributed by atoms with Crippen molar-refractivity contribution in [3.05, 3.63) is 39.9 Å². The number of anilines is 1. The van der Waals surface area contributed by atoms with E-state index in [1.165, 1.54) is 6.07 Å². The van der Waals surface area contributed by atoms with Gasteiger partial charge in [0.2, 0.25) is 0 Å². The standard InChI is InChI=1S/C10H12N4O3/c1-7-9(6-13(2)12-7)11-5-8-3-4-10(17-8)14(15)16/h3-4,6,11H,5H2,1-2H3. The maximum absolute atomic E-state index is 10.4. The minimum atomic E-state index is -0.557. The van der Waals surface area contributed by atoms with Crippen molar-refractivity contribution >= 4 is 11.6 Å². The van der Waals surface area contributed by atoms with Crippen LogP contribution in [-0.4, -0.2) is 14.7 Å². The smallest absolute Gasteiger partial charge is 0.404 e. The molecule has 0 aliphatic carbocycles. The summed E-state index contributed by atoms with van der Waals surface area (Å²) in [6.07, 6.45) is 1.84. The topological polar surface area (TPSA) is 86.1 Å². The highest BCUT2D eigenvalue weighted by Gasteiger charge is 2.12. The molecule has 2 rings (SSSR count). The molecule has 0 aromatic carbocycles. The SMILES string of the molecule is Cc1nn(C)cc1NCc1ccc([N+](=O)[O-])o1. The number of aromatic nitrogens is 2. The fourth-order valence-electron chi connectivity index (χ4n) is 1.52. The van der Waals surface area contributed by atoms with Crippen LogP contribution >= 0.6 is 0 Å². The van der Waals surface area contributed by atoms with Crippen LogP contribution in [0.3, 0.4) is 0 Å². The predicted octanol–water partition coefficient (Wildman–Crippen LogP) is 1.84. The van der Waals surface area contributed by atoms with Crippen LogP contribution in [0.25, 0.3) is 0 Å². The molecular weight excluding hydrogens is 224 g/mol. The molecule has 0 saturated carbocycles. The Morgan fingerprint density at radius 2 is 2.35 bits per heavy atom. The summed E-state index contributed by atoms with van der Waals surface area (Å²) in [5.41, 5.74) is 1.75. The van der Waals surface area contributed by atoms with Crippen molar-refractivity contribution in [1.29, 1.82) is 0 Å². The van der Waals surface area contributed by atoms with E-state index in [1.807, 2.05) is 20.2 Å². The van der Waals surface area contributed by atoms with Gasteiger partial charge in [-0.1, -0.05) is 0 Å². The Morgan fingerprint density at radius 3 is 2.88 bits per heavy atom. The van der Waals surface area contributed by atoms with Crippen molar-refractivity contribution in [3.63, 3.8) is 0 Å². The van der Waals surface area contributed by atoms with E-state index in [0.29, 0.717) is 12.3 Å². The highest BCUT2D eigenvalue weighted by Crippen LogP contribution is 2.18. The Hall–Kier alpha value is -2.31. The third-order valence-corrected chi connectivity index (χ3v) is 2.29. The summed E-state index contributed by atoms with van der Waals surface area (Å²) in [6.45, 7) is 2.27. The molecule has 7 nitrogen and oxygen atoms in total. The van der Waals surface area contributed by atoms with E-state index >= 15 is 0 Å². The lowest BCUT2D eigenvalue weighted by atomic mass is 10.4. The van der Waals surface area contributed by atoms with Crippen molar-refractivity contribution in [2.45, 2.75) is 13.5 Å². The van der Waals surface area contributed by atoms with Gasteiger partial charge in [0.05, 0.1) is 24.0 Å². The molecule has 0 spiro atoms. The molecule has 0 fully saturated rings. The van der Waals surface area contributed by atoms with Crippen LogP contribution in [0.1, 0.15) is 11.5 Å². The van der Waals surface area contributed by atoms with Gasteiger partial charge in [0.25, 0.3) is 0 Å². The van der Waals surface area contributed by atoms with Gasteiger partial charge in [-0.25, -0.2) is 0 Å². The number of furan rings is 1. The first kappa shape index (κ1) is 11.2. The number of rotatable bonds is 4. The van der Waals surface area contributed by atoms with Crippen LogP contribution in [0, 0.1) is 17.0 Å². The Kier molecular flexibility index (Phi) is 2.82. The summed E-state index contributed by atoms with van der Waals surface area (Å²) in [6, 6.07) is 2.92. The third kappa shape index (κ3) is 2.44. The summed E-state index contributed by atoms with van der Waals surface area (Å²) < 4.78 is 6.72. The first-order valence-corrected chi connectivity index (χ1v) is 5.03. The number of nitrogens with zero attached hydrogens (tertiary/aromatic N) is 3. The van der Waals surface area contributed by atoms with Gasteiger partial charge < -0.3 is 9.73 Å². The van der Waals surface area contributed by atoms with Crippen LogP contribution in [-0.2, 0) is 13.6 Å². The molecule has 0 radical (unpaired) electrons. The number of nitro groups is 1. The van der Waals surface area contributed by atoms with Crippen LogP contribution in [0.5, 0.6) is 0 Å². The van der Waals surface area contributed by atoms with E-state index in [4.69, 9.17) is 4.42 Å². The zero-order valence-electron chi connectivity index (χ0n) is 9.51. The predicted molar refractivity (Wildman–Crippen MR) is 60.6 cm³/mol. The van der Waals surface area contributed by atoms with Gasteiger partial charge in [-0.2, -0.15) is 5.10 Å². The maximum Gasteiger partial charge on any atom is 0.433 e. The average molecular weight is 236 g/mol. The molecule has 0 bridgehead atoms. The molecule has 90 valence electrons. The Morgan fingerprint density at radius 1 is 1.59 bits per heavy atom. The number of aryl methyl sites for hydroxylation is 2. The summed E-state index contributed by atoms with van der Waals surface area (Å²) in [4.78, 5) is 9.87. The summed E-state index contributed by atoms with van der Waals surface area (Å²) in [7, 11) is 1.83. The lowest BCUT2D eigenvalue weighted by Crippen LogP contribution is -1.98. The van der Waals surface area contributed by atoms with Crippen LogP contribution < -0.4 is 5.32 Å². The van der Waals surface area contributed by atoms with Gasteiger partial charge >= 0.3 is 5.88 Å². The molecule has 17 heavy (non-hydrogen) atoms. The van der Waals surface area contributed by atoms with Gasteiger partial charge in [0.1, 0.15) is 10.7 Å². The van der Waals surface area contributed by atoms with Gasteiger partial charge in [-0.15, -0.1) is 0 Å². The Labute approximate surface area is 97.2 Å². The average Bonchev–Trinajstić information content (AvgIpc) is 2.82. The Bertz CT molecular complexity index is 543. The minimum absolute atomic E-state index is 0.246. The van der Waals surface area contributed by atoms with Gasteiger partial charge in [-0.3, -0.25) is 14.8 Å². The molecule has 7 heteroatoms. The molecule has 1 N–H and O–H groups in total. The fraction of sp³-hybridized carbons (Fsp3) is 0.300. The molecule has 0 amide bonds. The van der Waals surface area contributed by atoms with Crippen molar-refractivity contribution in [2.24, 2.45) is 7.05 Å². The van der Waals surface area contributed by atoms with E-state index in [2.05, 4.69) is 10.4 Å². The van der Waals surface area contributed by atoms with Crippen molar-refractivity contribution in [2.75, 3.05) is 5.32 Å². The number of hydrogen-bond acceptors (Lipinski definition) is 5. The molecule has 0 atom stereocenters. The van der Waals surface area contributed by atoms with E-state index in [1.54, 1.807) is 10.7 Å². The third-order valence-electron chi connectivity index (χ3n) is 2.29. The molecule has 2 heterocycles. The normalized spacial score (nSPS) is 10.5. The summed E-state index contributed by atoms with van der Waals surface area (Å²) >= 11 is 0. The van der Waals surface area contributed by atoms with Crippen molar-refractivity contribution in [1.82, 2.24) is 9.78 Å². The lowest BCUT2D eigenvalue weighted by Gasteiger charge is -2.00. The second-order valence-corrected chi connectivity index (χ2v) is 3.65. The molecule has 2 aromatic rings. The van der Waals surface area contributed by atoms with E-state index in [0.717, 1.165) is 11.4 Å². The highest BCUT2D eigenvalue weighted by molar-refractivity contribution is 5.45. The molecular formula is C10H12N4O3. The first-order chi connectivity index (χ1) is 8.06. The molecule has 0 saturated heterocycles. The zero-order chi connectivity index (χ0) is 12.4. The molecule has 0 unspecified atom stereocenters. The van der Waals surface area contributed by atoms with Crippen molar-refractivity contribution < 1.29 is 9.34 Å². The van der Waals surface area contributed by atoms with Gasteiger partial charge in [0.15, 0.2) is 0 Å². The maximum atomic E-state index is 10.4. The Balaban J connectivity index is 2.02. The van der Waals surface area contributed by atoms with Gasteiger partial charge in [-0.05, 0) is 13.0 Å². The largest absolute Gasteiger partial charge is 0.433 e. The number of nitrogens with one attached hydrogen (secondary N) is 1. The lowest BCUT2D eigenvalue weighted by molar-refractivity contribution is -0.402. The van der Waals surface area contributed by atoms with Crippen LogP contribution in [0.4, 0.5) is 11.6 Å². The zero-order valence-corrected chi connectivity index (χ0v) is 9.51. The molecule has 0 aliphatic heterocycles. The second kappa shape index (κ2) is 4.28. The molecule has 0 aliphatic rings. The quantitative estimate of drug-likeness (QED) is 0.646. The summed E-state index contributed by atoms with van der Waals surface area (Å²) in [5.74, 6) is 0.268. The molecule has 2 aromatic heterocycles. The summed E-state index contributed by atoms with van der Waals surface area (Å²) in [5, 5.41) is 17.7. The van der Waals surface area contributed by atoms with E-state index < -0.39 is 4.92 Å². The monoisotopic (exact) mass is 236 g/mol. The van der Waals surface area contributed by atoms with Gasteiger partial charge in [0, 0.05) is 13.2 Å². The fourth-order valence-corrected chi connectivity index (χ4v) is 1.52. The van der Waals surface area contributed by atoms with Crippen molar-refractivity contribution in [3.8, 4) is 0 Å². The first-order valence-electron chi connectivity index (χ1n) is 5.03. The van der Waals surface area contributed by atoms with Crippen LogP contribution in [0.2, 0.25) is 0 Å². The van der Waals surface area contributed by atoms with E-state index in [9.17, 15) is 10.1 Å². The number of hydrogen-bond donors (Lipinski definition) is 1. The van der Waals surface area contributed by atoms with Crippen LogP contribution in [0.15, 0.2) is 22.7 Å². The minimum Gasteiger partial charge on any atom is -0.404 e.